The van der Waals surface area contributed by atoms with E-state index >= 15 is 0 Å². The van der Waals surface area contributed by atoms with Gasteiger partial charge in [-0.05, 0) is 18.4 Å². The van der Waals surface area contributed by atoms with Crippen LogP contribution in [0.25, 0.3) is 0 Å². The molecule has 1 aromatic rings. The van der Waals surface area contributed by atoms with Crippen LogP contribution in [-0.4, -0.2) is 31.5 Å². The van der Waals surface area contributed by atoms with Crippen molar-refractivity contribution in [3.8, 4) is 0 Å². The summed E-state index contributed by atoms with van der Waals surface area (Å²) in [6.07, 6.45) is 2.96. The second-order valence-corrected chi connectivity index (χ2v) is 4.57. The molecule has 0 atom stereocenters. The van der Waals surface area contributed by atoms with E-state index in [0.717, 1.165) is 25.8 Å². The number of benzene rings is 1. The van der Waals surface area contributed by atoms with Gasteiger partial charge in [0.05, 0.1) is 0 Å². The fourth-order valence-electron chi connectivity index (χ4n) is 1.65. The molecule has 1 rings (SSSR count). The first-order valence-electron chi connectivity index (χ1n) is 7.06. The molecule has 0 aromatic heterocycles. The van der Waals surface area contributed by atoms with E-state index < -0.39 is 0 Å². The summed E-state index contributed by atoms with van der Waals surface area (Å²) in [5, 5.41) is 5.79. The van der Waals surface area contributed by atoms with E-state index in [2.05, 4.69) is 22.5 Å². The standard InChI is InChI=1S/C15H24N4O.HI/c1-2-3-10-18-15(16)19-12-14(20)17-11-9-13-7-5-4-6-8-13;/h4-8H,2-3,9-12H2,1H3,(H,17,20)(H3,16,18,19);1H. The molecular formula is C15H25IN4O. The maximum absolute atomic E-state index is 11.6. The molecule has 0 fully saturated rings. The van der Waals surface area contributed by atoms with Crippen LogP contribution in [0.1, 0.15) is 25.3 Å². The fraction of sp³-hybridized carbons (Fsp3) is 0.467. The second kappa shape index (κ2) is 12.4. The van der Waals surface area contributed by atoms with Crippen molar-refractivity contribution in [1.29, 1.82) is 0 Å². The molecule has 0 radical (unpaired) electrons. The van der Waals surface area contributed by atoms with Gasteiger partial charge in [0.15, 0.2) is 5.96 Å². The van der Waals surface area contributed by atoms with Crippen LogP contribution in [0.15, 0.2) is 35.3 Å². The Hall–Kier alpha value is -1.31. The Balaban J connectivity index is 0.00000400. The zero-order valence-electron chi connectivity index (χ0n) is 12.5. The van der Waals surface area contributed by atoms with Crippen LogP contribution >= 0.6 is 24.0 Å². The highest BCUT2D eigenvalue weighted by atomic mass is 127. The first-order chi connectivity index (χ1) is 9.72. The molecule has 0 saturated heterocycles. The first kappa shape index (κ1) is 19.7. The number of nitrogens with zero attached hydrogens (tertiary/aromatic N) is 1. The molecule has 0 heterocycles. The average molecular weight is 404 g/mol. The topological polar surface area (TPSA) is 79.5 Å². The number of hydrogen-bond acceptors (Lipinski definition) is 2. The predicted molar refractivity (Wildman–Crippen MR) is 98.0 cm³/mol. The van der Waals surface area contributed by atoms with Crippen molar-refractivity contribution in [2.75, 3.05) is 19.6 Å². The lowest BCUT2D eigenvalue weighted by Crippen LogP contribution is -2.34. The van der Waals surface area contributed by atoms with Crippen LogP contribution in [0.2, 0.25) is 0 Å². The van der Waals surface area contributed by atoms with E-state index in [-0.39, 0.29) is 36.4 Å². The highest BCUT2D eigenvalue weighted by Gasteiger charge is 2.00. The van der Waals surface area contributed by atoms with Gasteiger partial charge in [-0.25, -0.2) is 4.99 Å². The monoisotopic (exact) mass is 404 g/mol. The molecule has 1 amide bonds. The summed E-state index contributed by atoms with van der Waals surface area (Å²) in [7, 11) is 0. The predicted octanol–water partition coefficient (Wildman–Crippen LogP) is 1.67. The highest BCUT2D eigenvalue weighted by molar-refractivity contribution is 14.0. The molecule has 0 aliphatic carbocycles. The van der Waals surface area contributed by atoms with Crippen LogP contribution in [0.3, 0.4) is 0 Å². The Kier molecular flexibility index (Phi) is 11.7. The molecule has 1 aromatic carbocycles. The van der Waals surface area contributed by atoms with Crippen molar-refractivity contribution in [3.63, 3.8) is 0 Å². The smallest absolute Gasteiger partial charge is 0.241 e. The minimum Gasteiger partial charge on any atom is -0.370 e. The number of guanidine groups is 1. The highest BCUT2D eigenvalue weighted by Crippen LogP contribution is 1.97. The molecule has 0 aliphatic heterocycles. The third-order valence-electron chi connectivity index (χ3n) is 2.81. The first-order valence-corrected chi connectivity index (χ1v) is 7.06. The maximum atomic E-state index is 11.6. The molecule has 118 valence electrons. The van der Waals surface area contributed by atoms with Crippen molar-refractivity contribution in [1.82, 2.24) is 10.6 Å². The largest absolute Gasteiger partial charge is 0.370 e. The summed E-state index contributed by atoms with van der Waals surface area (Å²) in [5.41, 5.74) is 6.85. The Labute approximate surface area is 143 Å². The van der Waals surface area contributed by atoms with Crippen LogP contribution in [-0.2, 0) is 11.2 Å². The number of halogens is 1. The summed E-state index contributed by atoms with van der Waals surface area (Å²) >= 11 is 0. The SMILES string of the molecule is CCCCNC(N)=NCC(=O)NCCc1ccccc1.I. The summed E-state index contributed by atoms with van der Waals surface area (Å²) in [6.45, 7) is 3.58. The Morgan fingerprint density at radius 1 is 1.19 bits per heavy atom. The zero-order valence-corrected chi connectivity index (χ0v) is 14.8. The van der Waals surface area contributed by atoms with Crippen molar-refractivity contribution >= 4 is 35.8 Å². The lowest BCUT2D eigenvalue weighted by atomic mass is 10.1. The van der Waals surface area contributed by atoms with Crippen molar-refractivity contribution < 1.29 is 4.79 Å². The lowest BCUT2D eigenvalue weighted by molar-refractivity contribution is -0.119. The van der Waals surface area contributed by atoms with Gasteiger partial charge < -0.3 is 16.4 Å². The van der Waals surface area contributed by atoms with E-state index in [9.17, 15) is 4.79 Å². The quantitative estimate of drug-likeness (QED) is 0.267. The van der Waals surface area contributed by atoms with Crippen LogP contribution in [0.4, 0.5) is 0 Å². The van der Waals surface area contributed by atoms with Gasteiger partial charge in [-0.3, -0.25) is 4.79 Å². The van der Waals surface area contributed by atoms with Crippen molar-refractivity contribution in [2.45, 2.75) is 26.2 Å². The minimum absolute atomic E-state index is 0. The molecular weight excluding hydrogens is 379 g/mol. The number of carbonyl (C=O) groups is 1. The van der Waals surface area contributed by atoms with Gasteiger partial charge in [-0.1, -0.05) is 43.7 Å². The van der Waals surface area contributed by atoms with E-state index in [1.807, 2.05) is 30.3 Å². The number of nitrogens with two attached hydrogens (primary N) is 1. The number of hydrogen-bond donors (Lipinski definition) is 3. The number of carbonyl (C=O) groups excluding carboxylic acids is 1. The van der Waals surface area contributed by atoms with Crippen molar-refractivity contribution in [3.05, 3.63) is 35.9 Å². The normalized spacial score (nSPS) is 10.6. The summed E-state index contributed by atoms with van der Waals surface area (Å²) in [4.78, 5) is 15.6. The molecule has 0 bridgehead atoms. The van der Waals surface area contributed by atoms with E-state index in [4.69, 9.17) is 5.73 Å². The molecule has 5 nitrogen and oxygen atoms in total. The molecule has 0 spiro atoms. The van der Waals surface area contributed by atoms with Crippen molar-refractivity contribution in [2.24, 2.45) is 10.7 Å². The molecule has 4 N–H and O–H groups in total. The van der Waals surface area contributed by atoms with Gasteiger partial charge in [-0.2, -0.15) is 0 Å². The third-order valence-corrected chi connectivity index (χ3v) is 2.81. The molecule has 0 aliphatic rings. The number of rotatable bonds is 8. The van der Waals surface area contributed by atoms with Gasteiger partial charge in [0.1, 0.15) is 6.54 Å². The lowest BCUT2D eigenvalue weighted by Gasteiger charge is -2.05. The zero-order chi connectivity index (χ0) is 14.6. The van der Waals surface area contributed by atoms with Gasteiger partial charge >= 0.3 is 0 Å². The van der Waals surface area contributed by atoms with E-state index in [1.165, 1.54) is 5.56 Å². The Morgan fingerprint density at radius 3 is 2.57 bits per heavy atom. The van der Waals surface area contributed by atoms with E-state index in [1.54, 1.807) is 0 Å². The summed E-state index contributed by atoms with van der Waals surface area (Å²) < 4.78 is 0. The summed E-state index contributed by atoms with van der Waals surface area (Å²) in [5.74, 6) is 0.220. The number of unbranched alkanes of at least 4 members (excludes halogenated alkanes) is 1. The molecule has 0 unspecified atom stereocenters. The molecule has 21 heavy (non-hydrogen) atoms. The van der Waals surface area contributed by atoms with E-state index in [0.29, 0.717) is 12.5 Å². The fourth-order valence-corrected chi connectivity index (χ4v) is 1.65. The maximum Gasteiger partial charge on any atom is 0.241 e. The third kappa shape index (κ3) is 10.1. The van der Waals surface area contributed by atoms with Gasteiger partial charge in [0.2, 0.25) is 5.91 Å². The van der Waals surface area contributed by atoms with Gasteiger partial charge in [0.25, 0.3) is 0 Å². The number of amides is 1. The number of aliphatic imine (C=N–C) groups is 1. The summed E-state index contributed by atoms with van der Waals surface area (Å²) in [6, 6.07) is 10.0. The van der Waals surface area contributed by atoms with Gasteiger partial charge in [-0.15, -0.1) is 24.0 Å². The Morgan fingerprint density at radius 2 is 1.90 bits per heavy atom. The number of nitrogens with one attached hydrogen (secondary N) is 2. The minimum atomic E-state index is -0.110. The molecule has 0 saturated carbocycles. The second-order valence-electron chi connectivity index (χ2n) is 4.57. The average Bonchev–Trinajstić information content (AvgIpc) is 2.46. The van der Waals surface area contributed by atoms with Crippen LogP contribution in [0, 0.1) is 0 Å². The molecule has 6 heteroatoms. The van der Waals surface area contributed by atoms with Crippen LogP contribution < -0.4 is 16.4 Å². The Bertz CT molecular complexity index is 423. The van der Waals surface area contributed by atoms with Crippen LogP contribution in [0.5, 0.6) is 0 Å². The van der Waals surface area contributed by atoms with Gasteiger partial charge in [0, 0.05) is 13.1 Å².